The van der Waals surface area contributed by atoms with E-state index in [2.05, 4.69) is 19.9 Å². The van der Waals surface area contributed by atoms with Crippen molar-refractivity contribution in [2.45, 2.75) is 52.9 Å². The molecule has 15 heavy (non-hydrogen) atoms. The summed E-state index contributed by atoms with van der Waals surface area (Å²) in [5.41, 5.74) is 0. The second kappa shape index (κ2) is 9.75. The molecule has 0 radical (unpaired) electrons. The molecule has 0 heterocycles. The molecule has 0 rings (SSSR count). The van der Waals surface area contributed by atoms with Gasteiger partial charge in [0.15, 0.2) is 0 Å². The first-order valence-corrected chi connectivity index (χ1v) is 6.06. The van der Waals surface area contributed by atoms with Gasteiger partial charge in [0.05, 0.1) is 13.0 Å². The molecule has 0 aliphatic heterocycles. The number of esters is 1. The topological polar surface area (TPSA) is 26.3 Å². The third kappa shape index (κ3) is 8.22. The molecule has 0 amide bonds. The van der Waals surface area contributed by atoms with Gasteiger partial charge in [-0.15, -0.1) is 0 Å². The molecule has 1 atom stereocenters. The summed E-state index contributed by atoms with van der Waals surface area (Å²) in [7, 11) is 0. The first-order valence-electron chi connectivity index (χ1n) is 6.06. The number of hydrogen-bond donors (Lipinski definition) is 0. The van der Waals surface area contributed by atoms with Gasteiger partial charge in [0.2, 0.25) is 0 Å². The summed E-state index contributed by atoms with van der Waals surface area (Å²) < 4.78 is 4.85. The van der Waals surface area contributed by atoms with Crippen LogP contribution in [0.25, 0.3) is 0 Å². The first-order chi connectivity index (χ1) is 7.24. The average Bonchev–Trinajstić information content (AvgIpc) is 2.23. The molecular weight excluding hydrogens is 188 g/mol. The molecule has 0 spiro atoms. The van der Waals surface area contributed by atoms with Crippen molar-refractivity contribution < 1.29 is 9.53 Å². The molecule has 0 aliphatic rings. The van der Waals surface area contributed by atoms with Crippen molar-refractivity contribution >= 4 is 5.97 Å². The highest BCUT2D eigenvalue weighted by atomic mass is 16.5. The lowest BCUT2D eigenvalue weighted by Crippen LogP contribution is -2.02. The monoisotopic (exact) mass is 212 g/mol. The summed E-state index contributed by atoms with van der Waals surface area (Å²) in [6, 6.07) is 0. The van der Waals surface area contributed by atoms with E-state index in [0.717, 1.165) is 6.42 Å². The Balaban J connectivity index is 3.74. The van der Waals surface area contributed by atoms with E-state index in [1.54, 1.807) is 0 Å². The fourth-order valence-corrected chi connectivity index (χ4v) is 1.48. The molecule has 0 N–H and O–H groups in total. The number of hydrogen-bond acceptors (Lipinski definition) is 2. The average molecular weight is 212 g/mol. The standard InChI is InChI=1S/C13H24O2/c1-4-7-9-12(5-2)10-8-11-13(14)15-6-3/h8,10,12H,4-7,9,11H2,1-3H3/b10-8-. The van der Waals surface area contributed by atoms with E-state index in [1.807, 2.05) is 13.0 Å². The molecule has 88 valence electrons. The zero-order chi connectivity index (χ0) is 11.5. The maximum atomic E-state index is 11.1. The lowest BCUT2D eigenvalue weighted by Gasteiger charge is -2.08. The van der Waals surface area contributed by atoms with E-state index in [0.29, 0.717) is 18.9 Å². The van der Waals surface area contributed by atoms with Crippen molar-refractivity contribution in [1.82, 2.24) is 0 Å². The van der Waals surface area contributed by atoms with Crippen LogP contribution in [-0.4, -0.2) is 12.6 Å². The lowest BCUT2D eigenvalue weighted by molar-refractivity contribution is -0.142. The number of carbonyl (C=O) groups is 1. The molecule has 0 aromatic heterocycles. The van der Waals surface area contributed by atoms with Crippen LogP contribution in [0.15, 0.2) is 12.2 Å². The van der Waals surface area contributed by atoms with Gasteiger partial charge in [-0.25, -0.2) is 0 Å². The third-order valence-corrected chi connectivity index (χ3v) is 2.45. The van der Waals surface area contributed by atoms with Gasteiger partial charge in [0.1, 0.15) is 0 Å². The van der Waals surface area contributed by atoms with Gasteiger partial charge in [-0.2, -0.15) is 0 Å². The summed E-state index contributed by atoms with van der Waals surface area (Å²) in [6.07, 6.45) is 9.40. The van der Waals surface area contributed by atoms with Gasteiger partial charge < -0.3 is 4.74 Å². The van der Waals surface area contributed by atoms with Gasteiger partial charge in [-0.05, 0) is 25.7 Å². The summed E-state index contributed by atoms with van der Waals surface area (Å²) in [5.74, 6) is 0.499. The Morgan fingerprint density at radius 3 is 2.60 bits per heavy atom. The second-order valence-corrected chi connectivity index (χ2v) is 3.75. The molecule has 0 aromatic rings. The zero-order valence-corrected chi connectivity index (χ0v) is 10.3. The van der Waals surface area contributed by atoms with Crippen molar-refractivity contribution in [2.75, 3.05) is 6.61 Å². The smallest absolute Gasteiger partial charge is 0.309 e. The molecular formula is C13H24O2. The van der Waals surface area contributed by atoms with Crippen molar-refractivity contribution in [1.29, 1.82) is 0 Å². The highest BCUT2D eigenvalue weighted by Crippen LogP contribution is 2.14. The van der Waals surface area contributed by atoms with Gasteiger partial charge in [0.25, 0.3) is 0 Å². The fourth-order valence-electron chi connectivity index (χ4n) is 1.48. The van der Waals surface area contributed by atoms with Crippen LogP contribution >= 0.6 is 0 Å². The van der Waals surface area contributed by atoms with Crippen molar-refractivity contribution in [3.05, 3.63) is 12.2 Å². The Morgan fingerprint density at radius 2 is 2.07 bits per heavy atom. The van der Waals surface area contributed by atoms with E-state index < -0.39 is 0 Å². The minimum atomic E-state index is -0.126. The molecule has 0 bridgehead atoms. The number of unbranched alkanes of at least 4 members (excludes halogenated alkanes) is 1. The van der Waals surface area contributed by atoms with Gasteiger partial charge >= 0.3 is 5.97 Å². The van der Waals surface area contributed by atoms with Crippen LogP contribution in [0.1, 0.15) is 52.9 Å². The number of rotatable bonds is 8. The molecule has 0 saturated carbocycles. The van der Waals surface area contributed by atoms with Crippen LogP contribution in [0.4, 0.5) is 0 Å². The lowest BCUT2D eigenvalue weighted by atomic mass is 9.99. The van der Waals surface area contributed by atoms with Gasteiger partial charge in [-0.1, -0.05) is 38.8 Å². The Kier molecular flexibility index (Phi) is 9.24. The van der Waals surface area contributed by atoms with Crippen LogP contribution in [0, 0.1) is 5.92 Å². The predicted octanol–water partition coefficient (Wildman–Crippen LogP) is 3.71. The number of carbonyl (C=O) groups excluding carboxylic acids is 1. The first kappa shape index (κ1) is 14.2. The fraction of sp³-hybridized carbons (Fsp3) is 0.769. The maximum absolute atomic E-state index is 11.1. The van der Waals surface area contributed by atoms with Crippen LogP contribution in [-0.2, 0) is 9.53 Å². The van der Waals surface area contributed by atoms with E-state index in [1.165, 1.54) is 19.3 Å². The molecule has 0 aliphatic carbocycles. The molecule has 2 nitrogen and oxygen atoms in total. The van der Waals surface area contributed by atoms with Crippen LogP contribution in [0.2, 0.25) is 0 Å². The molecule has 0 fully saturated rings. The van der Waals surface area contributed by atoms with E-state index >= 15 is 0 Å². The summed E-state index contributed by atoms with van der Waals surface area (Å²) in [6.45, 7) is 6.70. The normalized spacial score (nSPS) is 13.0. The van der Waals surface area contributed by atoms with E-state index in [9.17, 15) is 4.79 Å². The highest BCUT2D eigenvalue weighted by Gasteiger charge is 2.01. The summed E-state index contributed by atoms with van der Waals surface area (Å²) >= 11 is 0. The Hall–Kier alpha value is -0.790. The second-order valence-electron chi connectivity index (χ2n) is 3.75. The van der Waals surface area contributed by atoms with E-state index in [4.69, 9.17) is 4.74 Å². The van der Waals surface area contributed by atoms with Crippen LogP contribution in [0.5, 0.6) is 0 Å². The minimum Gasteiger partial charge on any atom is -0.466 e. The third-order valence-electron chi connectivity index (χ3n) is 2.45. The Bertz CT molecular complexity index is 185. The largest absolute Gasteiger partial charge is 0.466 e. The van der Waals surface area contributed by atoms with Crippen LogP contribution < -0.4 is 0 Å². The van der Waals surface area contributed by atoms with Crippen LogP contribution in [0.3, 0.4) is 0 Å². The summed E-state index contributed by atoms with van der Waals surface area (Å²) in [4.78, 5) is 11.1. The van der Waals surface area contributed by atoms with Gasteiger partial charge in [-0.3, -0.25) is 4.79 Å². The van der Waals surface area contributed by atoms with Crippen molar-refractivity contribution in [2.24, 2.45) is 5.92 Å². The quantitative estimate of drug-likeness (QED) is 0.453. The highest BCUT2D eigenvalue weighted by molar-refractivity contribution is 5.71. The number of ether oxygens (including phenoxy) is 1. The van der Waals surface area contributed by atoms with Crippen molar-refractivity contribution in [3.63, 3.8) is 0 Å². The Labute approximate surface area is 93.7 Å². The summed E-state index contributed by atoms with van der Waals surface area (Å²) in [5, 5.41) is 0. The molecule has 2 heteroatoms. The molecule has 0 saturated heterocycles. The molecule has 1 unspecified atom stereocenters. The Morgan fingerprint density at radius 1 is 1.33 bits per heavy atom. The molecule has 0 aromatic carbocycles. The minimum absolute atomic E-state index is 0.126. The predicted molar refractivity (Wildman–Crippen MR) is 63.7 cm³/mol. The van der Waals surface area contributed by atoms with Gasteiger partial charge in [0, 0.05) is 0 Å². The zero-order valence-electron chi connectivity index (χ0n) is 10.3. The van der Waals surface area contributed by atoms with E-state index in [-0.39, 0.29) is 5.97 Å². The number of allylic oxidation sites excluding steroid dienone is 1. The van der Waals surface area contributed by atoms with Crippen molar-refractivity contribution in [3.8, 4) is 0 Å². The maximum Gasteiger partial charge on any atom is 0.309 e. The SMILES string of the molecule is CCCCC(/C=C\CC(=O)OCC)CC.